The highest BCUT2D eigenvalue weighted by Gasteiger charge is 2.04. The van der Waals surface area contributed by atoms with E-state index in [1.807, 2.05) is 0 Å². The number of halogens is 2. The molecule has 0 aliphatic heterocycles. The molecule has 0 unspecified atom stereocenters. The van der Waals surface area contributed by atoms with Gasteiger partial charge in [-0.3, -0.25) is 4.79 Å². The Labute approximate surface area is 111 Å². The van der Waals surface area contributed by atoms with Crippen LogP contribution in [0.4, 0.5) is 0 Å². The average molecular weight is 270 g/mol. The topological polar surface area (TPSA) is 29.1 Å². The maximum Gasteiger partial charge on any atom is 0.224 e. The fourth-order valence-electron chi connectivity index (χ4n) is 1.32. The zero-order chi connectivity index (χ0) is 12.7. The summed E-state index contributed by atoms with van der Waals surface area (Å²) in [6.07, 6.45) is 6.88. The molecule has 0 saturated heterocycles. The molecule has 1 N–H and O–H groups in total. The maximum atomic E-state index is 11.5. The zero-order valence-electron chi connectivity index (χ0n) is 9.30. The lowest BCUT2D eigenvalue weighted by Crippen LogP contribution is -2.25. The second-order valence-corrected chi connectivity index (χ2v) is 4.40. The molecule has 90 valence electrons. The van der Waals surface area contributed by atoms with Gasteiger partial charge in [0, 0.05) is 13.0 Å². The first kappa shape index (κ1) is 13.9. The van der Waals surface area contributed by atoms with Crippen molar-refractivity contribution in [2.75, 3.05) is 6.54 Å². The van der Waals surface area contributed by atoms with Gasteiger partial charge in [0.25, 0.3) is 0 Å². The molecule has 0 spiro atoms. The van der Waals surface area contributed by atoms with Gasteiger partial charge in [-0.2, -0.15) is 0 Å². The average Bonchev–Trinajstić information content (AvgIpc) is 2.30. The van der Waals surface area contributed by atoms with Crippen LogP contribution in [0, 0.1) is 12.3 Å². The lowest BCUT2D eigenvalue weighted by molar-refractivity contribution is -0.120. The minimum atomic E-state index is -0.0413. The van der Waals surface area contributed by atoms with Gasteiger partial charge in [-0.05, 0) is 24.1 Å². The van der Waals surface area contributed by atoms with Crippen LogP contribution in [0.1, 0.15) is 18.4 Å². The summed E-state index contributed by atoms with van der Waals surface area (Å²) < 4.78 is 0. The third-order valence-electron chi connectivity index (χ3n) is 2.17. The van der Waals surface area contributed by atoms with E-state index in [2.05, 4.69) is 11.2 Å². The summed E-state index contributed by atoms with van der Waals surface area (Å²) in [5.41, 5.74) is 0.842. The van der Waals surface area contributed by atoms with Crippen molar-refractivity contribution in [1.29, 1.82) is 0 Å². The third-order valence-corrected chi connectivity index (χ3v) is 2.91. The summed E-state index contributed by atoms with van der Waals surface area (Å²) in [4.78, 5) is 11.5. The van der Waals surface area contributed by atoms with Crippen molar-refractivity contribution >= 4 is 29.1 Å². The second-order valence-electron chi connectivity index (χ2n) is 3.58. The van der Waals surface area contributed by atoms with Gasteiger partial charge in [-0.15, -0.1) is 12.3 Å². The smallest absolute Gasteiger partial charge is 0.224 e. The Bertz CT molecular complexity index is 438. The lowest BCUT2D eigenvalue weighted by atomic mass is 10.1. The summed E-state index contributed by atoms with van der Waals surface area (Å²) in [6.45, 7) is 0.602. The fourth-order valence-corrected chi connectivity index (χ4v) is 1.64. The van der Waals surface area contributed by atoms with Crippen molar-refractivity contribution in [3.63, 3.8) is 0 Å². The van der Waals surface area contributed by atoms with E-state index in [0.29, 0.717) is 29.4 Å². The van der Waals surface area contributed by atoms with Gasteiger partial charge in [0.1, 0.15) is 0 Å². The second kappa shape index (κ2) is 7.21. The first-order valence-electron chi connectivity index (χ1n) is 5.27. The van der Waals surface area contributed by atoms with Crippen LogP contribution in [-0.4, -0.2) is 12.5 Å². The summed E-state index contributed by atoms with van der Waals surface area (Å²) >= 11 is 11.6. The summed E-state index contributed by atoms with van der Waals surface area (Å²) in [7, 11) is 0. The molecule has 1 aromatic rings. The number of terminal acetylenes is 1. The van der Waals surface area contributed by atoms with Crippen LogP contribution in [0.3, 0.4) is 0 Å². The molecule has 17 heavy (non-hydrogen) atoms. The van der Waals surface area contributed by atoms with Crippen molar-refractivity contribution in [1.82, 2.24) is 5.32 Å². The Balaban J connectivity index is 2.40. The number of nitrogens with one attached hydrogen (secondary N) is 1. The minimum Gasteiger partial charge on any atom is -0.356 e. The van der Waals surface area contributed by atoms with Crippen molar-refractivity contribution in [2.45, 2.75) is 19.3 Å². The van der Waals surface area contributed by atoms with Gasteiger partial charge in [0.15, 0.2) is 0 Å². The molecule has 0 aliphatic carbocycles. The molecule has 2 nitrogen and oxygen atoms in total. The molecule has 0 radical (unpaired) electrons. The highest BCUT2D eigenvalue weighted by molar-refractivity contribution is 6.42. The van der Waals surface area contributed by atoms with Crippen molar-refractivity contribution in [3.8, 4) is 12.3 Å². The number of carbonyl (C=O) groups excluding carboxylic acids is 1. The Hall–Kier alpha value is -1.17. The summed E-state index contributed by atoms with van der Waals surface area (Å²) in [5, 5.41) is 3.74. The van der Waals surface area contributed by atoms with Crippen LogP contribution in [0.5, 0.6) is 0 Å². The molecular formula is C13H13Cl2NO. The summed E-state index contributed by atoms with van der Waals surface area (Å²) in [6, 6.07) is 5.17. The first-order chi connectivity index (χ1) is 8.13. The Kier molecular flexibility index (Phi) is 5.90. The predicted octanol–water partition coefficient (Wildman–Crippen LogP) is 3.07. The molecule has 0 bridgehead atoms. The molecule has 0 atom stereocenters. The van der Waals surface area contributed by atoms with Gasteiger partial charge in [-0.1, -0.05) is 29.3 Å². The van der Waals surface area contributed by atoms with Crippen LogP contribution < -0.4 is 5.32 Å². The number of amides is 1. The van der Waals surface area contributed by atoms with Crippen LogP contribution >= 0.6 is 23.2 Å². The largest absolute Gasteiger partial charge is 0.356 e. The Morgan fingerprint density at radius 2 is 2.12 bits per heavy atom. The van der Waals surface area contributed by atoms with E-state index in [-0.39, 0.29) is 5.91 Å². The lowest BCUT2D eigenvalue weighted by Gasteiger charge is -2.05. The van der Waals surface area contributed by atoms with E-state index in [9.17, 15) is 4.79 Å². The van der Waals surface area contributed by atoms with Gasteiger partial charge >= 0.3 is 0 Å². The number of carbonyl (C=O) groups is 1. The van der Waals surface area contributed by atoms with Gasteiger partial charge < -0.3 is 5.32 Å². The van der Waals surface area contributed by atoms with Crippen LogP contribution in [0.15, 0.2) is 18.2 Å². The molecule has 0 aromatic heterocycles. The third kappa shape index (κ3) is 5.12. The minimum absolute atomic E-state index is 0.0413. The first-order valence-corrected chi connectivity index (χ1v) is 6.03. The Morgan fingerprint density at radius 3 is 2.76 bits per heavy atom. The normalized spacial score (nSPS) is 9.71. The highest BCUT2D eigenvalue weighted by Crippen LogP contribution is 2.22. The molecular weight excluding hydrogens is 257 g/mol. The number of hydrogen-bond donors (Lipinski definition) is 1. The number of hydrogen-bond acceptors (Lipinski definition) is 1. The summed E-state index contributed by atoms with van der Waals surface area (Å²) in [5.74, 6) is 2.48. The molecule has 0 fully saturated rings. The zero-order valence-corrected chi connectivity index (χ0v) is 10.8. The van der Waals surface area contributed by atoms with Crippen LogP contribution in [0.25, 0.3) is 0 Å². The number of rotatable bonds is 5. The maximum absolute atomic E-state index is 11.5. The monoisotopic (exact) mass is 269 g/mol. The van der Waals surface area contributed by atoms with Crippen molar-refractivity contribution in [2.24, 2.45) is 0 Å². The van der Waals surface area contributed by atoms with Gasteiger partial charge in [0.05, 0.1) is 16.5 Å². The molecule has 4 heteroatoms. The van der Waals surface area contributed by atoms with E-state index in [1.54, 1.807) is 18.2 Å². The Morgan fingerprint density at radius 1 is 1.35 bits per heavy atom. The van der Waals surface area contributed by atoms with E-state index in [1.165, 1.54) is 0 Å². The molecule has 0 aliphatic rings. The van der Waals surface area contributed by atoms with Crippen molar-refractivity contribution in [3.05, 3.63) is 33.8 Å². The van der Waals surface area contributed by atoms with E-state index in [0.717, 1.165) is 12.0 Å². The van der Waals surface area contributed by atoms with Gasteiger partial charge in [-0.25, -0.2) is 0 Å². The van der Waals surface area contributed by atoms with E-state index in [4.69, 9.17) is 29.6 Å². The van der Waals surface area contributed by atoms with Crippen LogP contribution in [-0.2, 0) is 11.2 Å². The SMILES string of the molecule is C#CCCCNC(=O)Cc1ccc(Cl)c(Cl)c1. The highest BCUT2D eigenvalue weighted by atomic mass is 35.5. The van der Waals surface area contributed by atoms with E-state index >= 15 is 0 Å². The fraction of sp³-hybridized carbons (Fsp3) is 0.308. The molecule has 0 heterocycles. The number of benzene rings is 1. The molecule has 1 amide bonds. The quantitative estimate of drug-likeness (QED) is 0.646. The predicted molar refractivity (Wildman–Crippen MR) is 71.2 cm³/mol. The molecule has 0 saturated carbocycles. The molecule has 1 aromatic carbocycles. The molecule has 1 rings (SSSR count). The van der Waals surface area contributed by atoms with Crippen LogP contribution in [0.2, 0.25) is 10.0 Å². The van der Waals surface area contributed by atoms with Gasteiger partial charge in [0.2, 0.25) is 5.91 Å². The standard InChI is InChI=1S/C13H13Cl2NO/c1-2-3-4-7-16-13(17)9-10-5-6-11(14)12(15)8-10/h1,5-6,8H,3-4,7,9H2,(H,16,17). The van der Waals surface area contributed by atoms with E-state index < -0.39 is 0 Å². The van der Waals surface area contributed by atoms with Crippen molar-refractivity contribution < 1.29 is 4.79 Å². The number of unbranched alkanes of at least 4 members (excludes halogenated alkanes) is 1.